The number of ether oxygens (including phenoxy) is 2. The highest BCUT2D eigenvalue weighted by molar-refractivity contribution is 5.99. The summed E-state index contributed by atoms with van der Waals surface area (Å²) in [6, 6.07) is 6.64. The van der Waals surface area contributed by atoms with Gasteiger partial charge in [0.2, 0.25) is 17.7 Å². The van der Waals surface area contributed by atoms with Gasteiger partial charge in [-0.3, -0.25) is 33.6 Å². The van der Waals surface area contributed by atoms with Crippen LogP contribution in [0, 0.1) is 17.6 Å². The van der Waals surface area contributed by atoms with E-state index in [2.05, 4.69) is 31.0 Å². The van der Waals surface area contributed by atoms with Crippen molar-refractivity contribution in [1.29, 1.82) is 0 Å². The van der Waals surface area contributed by atoms with Gasteiger partial charge >= 0.3 is 11.9 Å². The second-order valence-corrected chi connectivity index (χ2v) is 12.9. The lowest BCUT2D eigenvalue weighted by Crippen LogP contribution is -2.60. The Labute approximate surface area is 314 Å². The van der Waals surface area contributed by atoms with E-state index in [1.165, 1.54) is 6.07 Å². The smallest absolute Gasteiger partial charge is 0.308 e. The van der Waals surface area contributed by atoms with E-state index >= 15 is 0 Å². The summed E-state index contributed by atoms with van der Waals surface area (Å²) >= 11 is 0. The number of Topliss-reactive ketones (excluding diaryl/α,β-unsaturated/α-hetero) is 1. The van der Waals surface area contributed by atoms with Gasteiger partial charge in [0.25, 0.3) is 5.91 Å². The number of rotatable bonds is 20. The first kappa shape index (κ1) is 43.4. The average molecular weight is 772 g/mol. The van der Waals surface area contributed by atoms with Crippen LogP contribution in [0.5, 0.6) is 5.75 Å². The number of hydrogen-bond donors (Lipinski definition) is 6. The molecule has 1 heterocycles. The summed E-state index contributed by atoms with van der Waals surface area (Å²) in [5.74, 6) is -10.5. The standard InChI is InChI=1S/C37H43F2N5O11/c1-19(2)16-28(43-34(50)25-13-12-21-8-5-6-11-24(21)40-25)36(52)41-26(14-15-30(47)48)35(51)44-32(20(3)45)37(53)42-27(17-31(49)54-4)29(46)18-55-33-22(38)9-7-10-23(33)39/h5-13,19-20,26-28,32,45H,14-18H2,1-4H3,(H,41,52)(H,42,53)(H,43,50)(H,44,51)(H,47,48)/t20?,26-,27?,28-,32-/m0/s1. The summed E-state index contributed by atoms with van der Waals surface area (Å²) in [6.07, 6.45) is -3.45. The highest BCUT2D eigenvalue weighted by atomic mass is 19.1. The minimum atomic E-state index is -1.85. The van der Waals surface area contributed by atoms with E-state index in [1.807, 2.05) is 6.07 Å². The van der Waals surface area contributed by atoms with Gasteiger partial charge in [0, 0.05) is 11.8 Å². The van der Waals surface area contributed by atoms with Crippen molar-refractivity contribution in [2.24, 2.45) is 5.92 Å². The first-order chi connectivity index (χ1) is 26.0. The second kappa shape index (κ2) is 20.4. The van der Waals surface area contributed by atoms with Gasteiger partial charge in [-0.05, 0) is 49.9 Å². The van der Waals surface area contributed by atoms with Crippen LogP contribution < -0.4 is 26.0 Å². The number of methoxy groups -OCH3 is 1. The van der Waals surface area contributed by atoms with Crippen molar-refractivity contribution in [2.75, 3.05) is 13.7 Å². The van der Waals surface area contributed by atoms with Gasteiger partial charge in [-0.25, -0.2) is 13.8 Å². The molecule has 18 heteroatoms. The zero-order chi connectivity index (χ0) is 40.8. The number of para-hydroxylation sites is 2. The summed E-state index contributed by atoms with van der Waals surface area (Å²) in [5, 5.41) is 30.0. The molecule has 0 aliphatic carbocycles. The SMILES string of the molecule is COC(=O)CC(NC(=O)[C@@H](NC(=O)[C@H](CCC(=O)O)NC(=O)[C@H](CC(C)C)NC(=O)c1ccc2ccccc2n1)C(C)O)C(=O)COc1c(F)cccc1F. The molecule has 55 heavy (non-hydrogen) atoms. The number of halogens is 2. The van der Waals surface area contributed by atoms with Crippen LogP contribution in [0.2, 0.25) is 0 Å². The van der Waals surface area contributed by atoms with Crippen molar-refractivity contribution >= 4 is 52.3 Å². The Balaban J connectivity index is 1.78. The number of amides is 4. The first-order valence-electron chi connectivity index (χ1n) is 17.1. The lowest BCUT2D eigenvalue weighted by atomic mass is 10.0. The van der Waals surface area contributed by atoms with Gasteiger partial charge in [0.15, 0.2) is 23.2 Å². The highest BCUT2D eigenvalue weighted by Gasteiger charge is 2.35. The molecule has 0 bridgehead atoms. The summed E-state index contributed by atoms with van der Waals surface area (Å²) in [5.41, 5.74) is 0.551. The third kappa shape index (κ3) is 13.1. The molecule has 0 aliphatic rings. The number of carboxylic acids is 1. The van der Waals surface area contributed by atoms with E-state index in [0.717, 1.165) is 37.6 Å². The molecule has 0 saturated carbocycles. The molecule has 0 aliphatic heterocycles. The Kier molecular flexibility index (Phi) is 16.1. The van der Waals surface area contributed by atoms with Crippen molar-refractivity contribution in [2.45, 2.75) is 76.7 Å². The average Bonchev–Trinajstić information content (AvgIpc) is 3.13. The van der Waals surface area contributed by atoms with Crippen molar-refractivity contribution < 1.29 is 62.0 Å². The van der Waals surface area contributed by atoms with Crippen molar-refractivity contribution in [3.8, 4) is 5.75 Å². The number of hydrogen-bond acceptors (Lipinski definition) is 11. The predicted molar refractivity (Wildman–Crippen MR) is 190 cm³/mol. The molecule has 0 saturated heterocycles. The summed E-state index contributed by atoms with van der Waals surface area (Å²) in [6.45, 7) is 3.65. The third-order valence-corrected chi connectivity index (χ3v) is 8.08. The topological polar surface area (TPSA) is 239 Å². The van der Waals surface area contributed by atoms with E-state index < -0.39 is 115 Å². The number of aliphatic hydroxyl groups excluding tert-OH is 1. The number of pyridine rings is 1. The van der Waals surface area contributed by atoms with Gasteiger partial charge < -0.3 is 41.0 Å². The minimum Gasteiger partial charge on any atom is -0.481 e. The molecule has 3 rings (SSSR count). The van der Waals surface area contributed by atoms with Crippen LogP contribution in [0.4, 0.5) is 8.78 Å². The molecular weight excluding hydrogens is 728 g/mol. The van der Waals surface area contributed by atoms with Gasteiger partial charge in [0.05, 0.1) is 25.2 Å². The molecule has 5 atom stereocenters. The molecular formula is C37H43F2N5O11. The molecule has 296 valence electrons. The van der Waals surface area contributed by atoms with Crippen LogP contribution in [0.1, 0.15) is 56.9 Å². The number of nitrogens with one attached hydrogen (secondary N) is 4. The van der Waals surface area contributed by atoms with Crippen LogP contribution >= 0.6 is 0 Å². The van der Waals surface area contributed by atoms with Crippen LogP contribution in [-0.2, 0) is 33.5 Å². The zero-order valence-corrected chi connectivity index (χ0v) is 30.5. The van der Waals surface area contributed by atoms with E-state index in [1.54, 1.807) is 38.1 Å². The third-order valence-electron chi connectivity index (χ3n) is 8.08. The molecule has 6 N–H and O–H groups in total. The fraction of sp³-hybridized carbons (Fsp3) is 0.405. The highest BCUT2D eigenvalue weighted by Crippen LogP contribution is 2.21. The summed E-state index contributed by atoms with van der Waals surface area (Å²) in [4.78, 5) is 94.6. The molecule has 3 aromatic rings. The maximum atomic E-state index is 14.0. The number of ketones is 1. The molecule has 0 spiro atoms. The number of fused-ring (bicyclic) bond motifs is 1. The number of carbonyl (C=O) groups excluding carboxylic acids is 6. The van der Waals surface area contributed by atoms with Crippen LogP contribution in [0.25, 0.3) is 10.9 Å². The normalized spacial score (nSPS) is 13.7. The quantitative estimate of drug-likeness (QED) is 0.0898. The lowest BCUT2D eigenvalue weighted by Gasteiger charge is -2.27. The molecule has 1 aromatic heterocycles. The van der Waals surface area contributed by atoms with Gasteiger partial charge in [-0.15, -0.1) is 0 Å². The van der Waals surface area contributed by atoms with E-state index in [9.17, 15) is 52.6 Å². The maximum Gasteiger partial charge on any atom is 0.308 e. The van der Waals surface area contributed by atoms with Crippen molar-refractivity contribution in [3.05, 3.63) is 71.9 Å². The van der Waals surface area contributed by atoms with Gasteiger partial charge in [-0.2, -0.15) is 0 Å². The van der Waals surface area contributed by atoms with E-state index in [4.69, 9.17) is 4.74 Å². The summed E-state index contributed by atoms with van der Waals surface area (Å²) in [7, 11) is 0.999. The zero-order valence-electron chi connectivity index (χ0n) is 30.5. The van der Waals surface area contributed by atoms with Crippen molar-refractivity contribution in [1.82, 2.24) is 26.3 Å². The Hall–Kier alpha value is -6.04. The Morgan fingerprint density at radius 2 is 1.42 bits per heavy atom. The first-order valence-corrected chi connectivity index (χ1v) is 17.1. The van der Waals surface area contributed by atoms with Crippen LogP contribution in [0.15, 0.2) is 54.6 Å². The number of nitrogens with zero attached hydrogens (tertiary/aromatic N) is 1. The monoisotopic (exact) mass is 771 g/mol. The maximum absolute atomic E-state index is 14.0. The number of aliphatic carboxylic acids is 1. The molecule has 0 radical (unpaired) electrons. The fourth-order valence-corrected chi connectivity index (χ4v) is 5.22. The molecule has 2 aromatic carbocycles. The largest absolute Gasteiger partial charge is 0.481 e. The van der Waals surface area contributed by atoms with Gasteiger partial charge in [-0.1, -0.05) is 44.2 Å². The number of aliphatic hydroxyl groups is 1. The van der Waals surface area contributed by atoms with Crippen LogP contribution in [-0.4, -0.2) is 101 Å². The minimum absolute atomic E-state index is 0.0150. The predicted octanol–water partition coefficient (Wildman–Crippen LogP) is 1.57. The van der Waals surface area contributed by atoms with Crippen LogP contribution in [0.3, 0.4) is 0 Å². The van der Waals surface area contributed by atoms with Crippen molar-refractivity contribution in [3.63, 3.8) is 0 Å². The molecule has 16 nitrogen and oxygen atoms in total. The number of aromatic nitrogens is 1. The van der Waals surface area contributed by atoms with Gasteiger partial charge in [0.1, 0.15) is 36.5 Å². The summed E-state index contributed by atoms with van der Waals surface area (Å²) < 4.78 is 37.6. The fourth-order valence-electron chi connectivity index (χ4n) is 5.22. The Morgan fingerprint density at radius 3 is 2.04 bits per heavy atom. The number of carbonyl (C=O) groups is 7. The number of esters is 1. The second-order valence-electron chi connectivity index (χ2n) is 12.9. The van der Waals surface area contributed by atoms with E-state index in [0.29, 0.717) is 5.52 Å². The molecule has 4 amide bonds. The number of benzene rings is 2. The molecule has 2 unspecified atom stereocenters. The lowest BCUT2D eigenvalue weighted by molar-refractivity contribution is -0.144. The Bertz CT molecular complexity index is 1870. The van der Waals surface area contributed by atoms with E-state index in [-0.39, 0.29) is 18.0 Å². The number of carboxylic acid groups (broad SMARTS) is 1. The molecule has 0 fully saturated rings. The Morgan fingerprint density at radius 1 is 0.782 bits per heavy atom.